The van der Waals surface area contributed by atoms with Crippen LogP contribution in [0.25, 0.3) is 0 Å². The highest BCUT2D eigenvalue weighted by Gasteiger charge is 2.46. The van der Waals surface area contributed by atoms with E-state index < -0.39 is 83.7 Å². The summed E-state index contributed by atoms with van der Waals surface area (Å²) in [4.78, 5) is 61.5. The van der Waals surface area contributed by atoms with E-state index in [0.717, 1.165) is 94.2 Å². The van der Waals surface area contributed by atoms with Crippen molar-refractivity contribution in [3.63, 3.8) is 0 Å². The lowest BCUT2D eigenvalue weighted by atomic mass is 10.0. The first-order chi connectivity index (χ1) is 31.0. The maximum atomic E-state index is 12.8. The average molecular weight is 962 g/mol. The molecule has 1 aromatic rings. The fourth-order valence-corrected chi connectivity index (χ4v) is 8.46. The average Bonchev–Trinajstić information content (AvgIpc) is 3.52. The van der Waals surface area contributed by atoms with E-state index in [1.165, 1.54) is 6.07 Å². The lowest BCUT2D eigenvalue weighted by Crippen LogP contribution is -2.36. The number of nitrogens with two attached hydrogens (primary N) is 1. The Labute approximate surface area is 382 Å². The molecule has 7 N–H and O–H groups in total. The summed E-state index contributed by atoms with van der Waals surface area (Å²) in [6.07, 6.45) is 24.3. The molecule has 0 aromatic carbocycles. The Balaban J connectivity index is 1.83. The summed E-state index contributed by atoms with van der Waals surface area (Å²) < 4.78 is 56.4. The second kappa shape index (κ2) is 33.2. The highest BCUT2D eigenvalue weighted by Crippen LogP contribution is 2.60. The van der Waals surface area contributed by atoms with Gasteiger partial charge in [-0.25, -0.2) is 13.9 Å². The van der Waals surface area contributed by atoms with Gasteiger partial charge in [0.25, 0.3) is 0 Å². The zero-order valence-corrected chi connectivity index (χ0v) is 39.7. The van der Waals surface area contributed by atoms with Crippen LogP contribution in [-0.2, 0) is 46.3 Å². The van der Waals surface area contributed by atoms with Crippen LogP contribution in [0.5, 0.6) is 0 Å². The first-order valence-electron chi connectivity index (χ1n) is 22.6. The molecule has 2 rings (SSSR count). The summed E-state index contributed by atoms with van der Waals surface area (Å²) >= 11 is 0. The molecular formula is C44H73N3O16P2. The molecule has 19 nitrogen and oxygen atoms in total. The van der Waals surface area contributed by atoms with Crippen molar-refractivity contribution in [3.8, 4) is 0 Å². The van der Waals surface area contributed by atoms with Crippen LogP contribution in [0.3, 0.4) is 0 Å². The zero-order chi connectivity index (χ0) is 47.9. The molecule has 0 aliphatic carbocycles. The van der Waals surface area contributed by atoms with E-state index in [1.54, 1.807) is 0 Å². The van der Waals surface area contributed by atoms with E-state index >= 15 is 0 Å². The van der Waals surface area contributed by atoms with Crippen LogP contribution in [0.15, 0.2) is 65.7 Å². The molecule has 370 valence electrons. The molecule has 1 fully saturated rings. The van der Waals surface area contributed by atoms with E-state index in [-0.39, 0.29) is 25.3 Å². The zero-order valence-electron chi connectivity index (χ0n) is 37.9. The predicted octanol–water partition coefficient (Wildman–Crippen LogP) is 7.05. The number of ether oxygens (including phenoxy) is 3. The Morgan fingerprint density at radius 3 is 1.98 bits per heavy atom. The second-order valence-electron chi connectivity index (χ2n) is 16.1. The molecular weight excluding hydrogens is 888 g/mol. The summed E-state index contributed by atoms with van der Waals surface area (Å²) in [7, 11) is -10.9. The van der Waals surface area contributed by atoms with Gasteiger partial charge in [0.1, 0.15) is 30.7 Å². The van der Waals surface area contributed by atoms with Crippen LogP contribution in [0.2, 0.25) is 0 Å². The number of esters is 2. The third kappa shape index (κ3) is 27.2. The van der Waals surface area contributed by atoms with Gasteiger partial charge < -0.3 is 45.1 Å². The summed E-state index contributed by atoms with van der Waals surface area (Å²) in [6.45, 7) is 2.24. The number of nitrogens with zero attached hydrogens (tertiary/aromatic N) is 2. The van der Waals surface area contributed by atoms with Crippen molar-refractivity contribution in [2.45, 2.75) is 160 Å². The number of rotatable bonds is 36. The molecule has 0 amide bonds. The number of hydrogen-bond donors (Lipinski definition) is 6. The number of aliphatic hydroxyl groups is 3. The maximum absolute atomic E-state index is 12.8. The Kier molecular flexibility index (Phi) is 29.5. The van der Waals surface area contributed by atoms with Gasteiger partial charge in [-0.2, -0.15) is 9.29 Å². The summed E-state index contributed by atoms with van der Waals surface area (Å²) in [5, 5.41) is 29.6. The van der Waals surface area contributed by atoms with Crippen molar-refractivity contribution in [2.75, 3.05) is 32.2 Å². The van der Waals surface area contributed by atoms with Gasteiger partial charge in [0.15, 0.2) is 12.3 Å². The van der Waals surface area contributed by atoms with Gasteiger partial charge >= 0.3 is 33.3 Å². The standard InChI is InChI=1S/C44H73N3O16P2/c1-35(2)26-22-18-15-16-20-24-28-40(50)61-36(32-58-39(49)27-23-19-14-12-10-8-6-4-3-5-7-9-11-13-17-21-25-31-48)33-59-64(54,55)63-65(56,57)60-34-37-41(51)42(52)43(62-37)47-30-29-38(45)46-44(47)53/h3,5-6,8-9,11-12,14,29-30,35-37,41-43,48,51-52H,4,7,10,13,15-28,31-34H2,1-2H3,(H,54,55)(H,56,57)(H2,45,46,53)/b5-3-,8-6-,11-9-,14-12-/t36-,37-,41-,42-,43-/m1/s1. The number of aromatic nitrogens is 2. The summed E-state index contributed by atoms with van der Waals surface area (Å²) in [6, 6.07) is 1.24. The van der Waals surface area contributed by atoms with E-state index in [9.17, 15) is 43.5 Å². The first-order valence-corrected chi connectivity index (χ1v) is 25.6. The Hall–Kier alpha value is -3.32. The minimum atomic E-state index is -5.43. The van der Waals surface area contributed by atoms with Crippen LogP contribution in [0.1, 0.15) is 136 Å². The molecule has 7 atom stereocenters. The van der Waals surface area contributed by atoms with Crippen LogP contribution >= 0.6 is 15.6 Å². The number of phosphoric ester groups is 2. The molecule has 65 heavy (non-hydrogen) atoms. The van der Waals surface area contributed by atoms with Crippen molar-refractivity contribution >= 4 is 33.4 Å². The summed E-state index contributed by atoms with van der Waals surface area (Å²) in [5.74, 6) is -0.740. The van der Waals surface area contributed by atoms with Crippen LogP contribution in [0.4, 0.5) is 5.82 Å². The molecule has 1 aliphatic rings. The van der Waals surface area contributed by atoms with Gasteiger partial charge in [-0.05, 0) is 69.8 Å². The number of hydrogen-bond acceptors (Lipinski definition) is 16. The number of allylic oxidation sites excluding steroid dienone is 8. The number of carbonyl (C=O) groups is 2. The number of carbonyl (C=O) groups excluding carboxylic acids is 2. The van der Waals surface area contributed by atoms with Gasteiger partial charge in [0.2, 0.25) is 0 Å². The van der Waals surface area contributed by atoms with Crippen molar-refractivity contribution in [3.05, 3.63) is 71.4 Å². The normalized spacial score (nSPS) is 20.3. The molecule has 1 saturated heterocycles. The van der Waals surface area contributed by atoms with Crippen molar-refractivity contribution in [1.82, 2.24) is 9.55 Å². The predicted molar refractivity (Wildman–Crippen MR) is 244 cm³/mol. The van der Waals surface area contributed by atoms with E-state index in [0.29, 0.717) is 25.2 Å². The Morgan fingerprint density at radius 1 is 0.785 bits per heavy atom. The molecule has 1 aliphatic heterocycles. The fraction of sp³-hybridized carbons (Fsp3) is 0.682. The van der Waals surface area contributed by atoms with Gasteiger partial charge in [-0.3, -0.25) is 23.2 Å². The molecule has 2 heterocycles. The van der Waals surface area contributed by atoms with Gasteiger partial charge in [0.05, 0.1) is 13.2 Å². The largest absolute Gasteiger partial charge is 0.481 e. The highest BCUT2D eigenvalue weighted by atomic mass is 31.3. The van der Waals surface area contributed by atoms with Gasteiger partial charge in [-0.15, -0.1) is 0 Å². The number of aliphatic hydroxyl groups excluding tert-OH is 3. The lowest BCUT2D eigenvalue weighted by molar-refractivity contribution is -0.161. The molecule has 2 unspecified atom stereocenters. The highest BCUT2D eigenvalue weighted by molar-refractivity contribution is 7.61. The van der Waals surface area contributed by atoms with E-state index in [4.69, 9.17) is 34.1 Å². The minimum Gasteiger partial charge on any atom is -0.462 e. The number of anilines is 1. The third-order valence-electron chi connectivity index (χ3n) is 9.90. The van der Waals surface area contributed by atoms with Crippen molar-refractivity contribution in [1.29, 1.82) is 0 Å². The molecule has 0 spiro atoms. The Bertz CT molecular complexity index is 1790. The molecule has 1 aromatic heterocycles. The molecule has 21 heteroatoms. The van der Waals surface area contributed by atoms with Crippen LogP contribution in [0, 0.1) is 5.92 Å². The van der Waals surface area contributed by atoms with E-state index in [1.807, 2.05) is 12.2 Å². The van der Waals surface area contributed by atoms with Crippen LogP contribution in [-0.4, -0.2) is 97.4 Å². The number of phosphoric acid groups is 2. The van der Waals surface area contributed by atoms with Gasteiger partial charge in [-0.1, -0.05) is 107 Å². The maximum Gasteiger partial charge on any atom is 0.481 e. The van der Waals surface area contributed by atoms with Crippen molar-refractivity contribution in [2.24, 2.45) is 5.92 Å². The van der Waals surface area contributed by atoms with Gasteiger partial charge in [0, 0.05) is 25.6 Å². The van der Waals surface area contributed by atoms with Crippen molar-refractivity contribution < 1.29 is 71.4 Å². The third-order valence-corrected chi connectivity index (χ3v) is 12.5. The first kappa shape index (κ1) is 57.8. The topological polar surface area (TPSA) is 286 Å². The number of unbranched alkanes of at least 4 members (excludes halogenated alkanes) is 9. The smallest absolute Gasteiger partial charge is 0.462 e. The fourth-order valence-electron chi connectivity index (χ4n) is 6.35. The molecule has 0 bridgehead atoms. The molecule has 0 saturated carbocycles. The van der Waals surface area contributed by atoms with Crippen LogP contribution < -0.4 is 11.4 Å². The molecule has 0 radical (unpaired) electrons. The minimum absolute atomic E-state index is 0.0289. The number of nitrogen functional groups attached to an aromatic ring is 1. The summed E-state index contributed by atoms with van der Waals surface area (Å²) in [5.41, 5.74) is 4.57. The lowest BCUT2D eigenvalue weighted by Gasteiger charge is -2.21. The quantitative estimate of drug-likeness (QED) is 0.0170. The van der Waals surface area contributed by atoms with E-state index in [2.05, 4.69) is 59.6 Å². The SMILES string of the molecule is CC(C)CCCCCCCCC(=O)O[C@H](COC(=O)CCC/C=C\C/C=C\C/C=C\C/C=C\CCCCCO)COP(=O)(O)OP(=O)(O)OC[C@H]1O[C@@H](n2ccc(N)nc2=O)[C@H](O)[C@@H]1O. The monoisotopic (exact) mass is 961 g/mol. The second-order valence-corrected chi connectivity index (χ2v) is 19.1. The Morgan fingerprint density at radius 2 is 1.35 bits per heavy atom.